The molecule has 0 aromatic heterocycles. The number of nitro groups is 1. The normalized spacial score (nSPS) is 17.8. The number of carbonyl (C=O) groups is 1. The number of unbranched alkanes of at least 4 members (excludes halogenated alkanes) is 1. The zero-order valence-electron chi connectivity index (χ0n) is 13.9. The highest BCUT2D eigenvalue weighted by molar-refractivity contribution is 5.95. The minimum absolute atomic E-state index is 0.0160. The summed E-state index contributed by atoms with van der Waals surface area (Å²) in [5, 5.41) is 14.2. The molecule has 126 valence electrons. The van der Waals surface area contributed by atoms with Crippen LogP contribution in [0.4, 0.5) is 11.4 Å². The summed E-state index contributed by atoms with van der Waals surface area (Å²) < 4.78 is 0. The zero-order valence-corrected chi connectivity index (χ0v) is 13.9. The number of hydrogen-bond donors (Lipinski definition) is 1. The first-order valence-corrected chi connectivity index (χ1v) is 8.34. The van der Waals surface area contributed by atoms with Crippen LogP contribution < -0.4 is 10.2 Å². The fraction of sp³-hybridized carbons (Fsp3) is 0.588. The van der Waals surface area contributed by atoms with E-state index in [0.717, 1.165) is 38.8 Å². The van der Waals surface area contributed by atoms with Crippen molar-refractivity contribution in [3.8, 4) is 0 Å². The summed E-state index contributed by atoms with van der Waals surface area (Å²) in [6.45, 7) is 6.45. The van der Waals surface area contributed by atoms with Crippen molar-refractivity contribution in [1.29, 1.82) is 0 Å². The maximum atomic E-state index is 12.1. The van der Waals surface area contributed by atoms with Gasteiger partial charge >= 0.3 is 0 Å². The average Bonchev–Trinajstić information content (AvgIpc) is 2.54. The number of nitro benzene ring substituents is 1. The van der Waals surface area contributed by atoms with Crippen LogP contribution in [0.2, 0.25) is 0 Å². The van der Waals surface area contributed by atoms with Gasteiger partial charge in [-0.15, -0.1) is 0 Å². The lowest BCUT2D eigenvalue weighted by Crippen LogP contribution is -2.34. The number of anilines is 1. The molecule has 1 N–H and O–H groups in total. The zero-order chi connectivity index (χ0) is 16.8. The van der Waals surface area contributed by atoms with Gasteiger partial charge in [-0.1, -0.05) is 20.3 Å². The number of carbonyl (C=O) groups excluding carboxylic acids is 1. The SMILES string of the molecule is CCCCNC(=O)c1ccc(N2CCC[C@H](C)C2)c([N+](=O)[O-])c1. The van der Waals surface area contributed by atoms with Crippen LogP contribution in [0.3, 0.4) is 0 Å². The number of piperidine rings is 1. The molecule has 1 heterocycles. The molecule has 1 fully saturated rings. The third-order valence-electron chi connectivity index (χ3n) is 4.25. The molecule has 0 saturated carbocycles. The van der Waals surface area contributed by atoms with Crippen LogP contribution in [-0.2, 0) is 0 Å². The second-order valence-corrected chi connectivity index (χ2v) is 6.26. The van der Waals surface area contributed by atoms with Gasteiger partial charge in [0.05, 0.1) is 4.92 Å². The van der Waals surface area contributed by atoms with E-state index in [2.05, 4.69) is 17.1 Å². The molecule has 0 aliphatic carbocycles. The lowest BCUT2D eigenvalue weighted by molar-refractivity contribution is -0.384. The van der Waals surface area contributed by atoms with Crippen molar-refractivity contribution in [2.24, 2.45) is 5.92 Å². The Morgan fingerprint density at radius 3 is 2.91 bits per heavy atom. The second kappa shape index (κ2) is 7.94. The Morgan fingerprint density at radius 2 is 2.26 bits per heavy atom. The van der Waals surface area contributed by atoms with Gasteiger partial charge in [0.1, 0.15) is 5.69 Å². The van der Waals surface area contributed by atoms with E-state index < -0.39 is 4.92 Å². The Labute approximate surface area is 137 Å². The molecule has 1 aliphatic heterocycles. The molecule has 6 heteroatoms. The Bertz CT molecular complexity index is 574. The Morgan fingerprint density at radius 1 is 1.48 bits per heavy atom. The van der Waals surface area contributed by atoms with Crippen LogP contribution in [-0.4, -0.2) is 30.5 Å². The Hall–Kier alpha value is -2.11. The minimum atomic E-state index is -0.391. The highest BCUT2D eigenvalue weighted by Gasteiger charge is 2.25. The number of hydrogen-bond acceptors (Lipinski definition) is 4. The summed E-state index contributed by atoms with van der Waals surface area (Å²) in [6.07, 6.45) is 4.09. The van der Waals surface area contributed by atoms with Gasteiger partial charge in [0.15, 0.2) is 0 Å². The first-order valence-electron chi connectivity index (χ1n) is 8.34. The molecule has 1 aromatic rings. The van der Waals surface area contributed by atoms with E-state index in [1.807, 2.05) is 6.92 Å². The Kier molecular flexibility index (Phi) is 5.96. The molecule has 0 radical (unpaired) electrons. The monoisotopic (exact) mass is 319 g/mol. The van der Waals surface area contributed by atoms with Gasteiger partial charge in [0.2, 0.25) is 0 Å². The molecule has 2 rings (SSSR count). The van der Waals surface area contributed by atoms with E-state index in [1.165, 1.54) is 6.07 Å². The summed E-state index contributed by atoms with van der Waals surface area (Å²) in [7, 11) is 0. The van der Waals surface area contributed by atoms with Gasteiger partial charge in [-0.2, -0.15) is 0 Å². The lowest BCUT2D eigenvalue weighted by Gasteiger charge is -2.32. The van der Waals surface area contributed by atoms with Crippen molar-refractivity contribution >= 4 is 17.3 Å². The van der Waals surface area contributed by atoms with Gasteiger partial charge in [-0.25, -0.2) is 0 Å². The van der Waals surface area contributed by atoms with Crippen LogP contribution in [0, 0.1) is 16.0 Å². The topological polar surface area (TPSA) is 75.5 Å². The predicted molar refractivity (Wildman–Crippen MR) is 90.9 cm³/mol. The molecule has 1 atom stereocenters. The van der Waals surface area contributed by atoms with E-state index in [-0.39, 0.29) is 11.6 Å². The van der Waals surface area contributed by atoms with E-state index in [1.54, 1.807) is 12.1 Å². The molecule has 1 amide bonds. The molecule has 23 heavy (non-hydrogen) atoms. The van der Waals surface area contributed by atoms with Crippen molar-refractivity contribution in [3.63, 3.8) is 0 Å². The molecule has 0 bridgehead atoms. The van der Waals surface area contributed by atoms with Crippen LogP contribution in [0.5, 0.6) is 0 Å². The van der Waals surface area contributed by atoms with Crippen molar-refractivity contribution < 1.29 is 9.72 Å². The van der Waals surface area contributed by atoms with Gasteiger partial charge < -0.3 is 10.2 Å². The fourth-order valence-electron chi connectivity index (χ4n) is 2.97. The lowest BCUT2D eigenvalue weighted by atomic mass is 9.99. The number of nitrogens with one attached hydrogen (secondary N) is 1. The molecular weight excluding hydrogens is 294 g/mol. The number of nitrogens with zero attached hydrogens (tertiary/aromatic N) is 2. The van der Waals surface area contributed by atoms with Crippen molar-refractivity contribution in [2.45, 2.75) is 39.5 Å². The van der Waals surface area contributed by atoms with Gasteiger partial charge in [0.25, 0.3) is 11.6 Å². The summed E-state index contributed by atoms with van der Waals surface area (Å²) in [5.74, 6) is 0.278. The van der Waals surface area contributed by atoms with Crippen molar-refractivity contribution in [2.75, 3.05) is 24.5 Å². The Balaban J connectivity index is 2.21. The molecule has 6 nitrogen and oxygen atoms in total. The predicted octanol–water partition coefficient (Wildman–Crippen LogP) is 3.36. The standard InChI is InChI=1S/C17H25N3O3/c1-3-4-9-18-17(21)14-7-8-15(16(11-14)20(22)23)19-10-5-6-13(2)12-19/h7-8,11,13H,3-6,9-10,12H2,1-2H3,(H,18,21)/t13-/m0/s1. The molecular formula is C17H25N3O3. The van der Waals surface area contributed by atoms with Gasteiger partial charge in [-0.05, 0) is 37.3 Å². The quantitative estimate of drug-likeness (QED) is 0.495. The summed E-state index contributed by atoms with van der Waals surface area (Å²) >= 11 is 0. The number of benzene rings is 1. The van der Waals surface area contributed by atoms with Gasteiger partial charge in [0, 0.05) is 31.3 Å². The van der Waals surface area contributed by atoms with Gasteiger partial charge in [-0.3, -0.25) is 14.9 Å². The fourth-order valence-corrected chi connectivity index (χ4v) is 2.97. The molecule has 0 unspecified atom stereocenters. The third-order valence-corrected chi connectivity index (χ3v) is 4.25. The molecule has 1 aromatic carbocycles. The smallest absolute Gasteiger partial charge is 0.293 e. The average molecular weight is 319 g/mol. The molecule has 0 spiro atoms. The van der Waals surface area contributed by atoms with Crippen LogP contribution >= 0.6 is 0 Å². The van der Waals surface area contributed by atoms with E-state index in [9.17, 15) is 14.9 Å². The minimum Gasteiger partial charge on any atom is -0.366 e. The van der Waals surface area contributed by atoms with E-state index in [0.29, 0.717) is 23.7 Å². The van der Waals surface area contributed by atoms with E-state index >= 15 is 0 Å². The maximum Gasteiger partial charge on any atom is 0.293 e. The van der Waals surface area contributed by atoms with Crippen LogP contribution in [0.1, 0.15) is 49.9 Å². The van der Waals surface area contributed by atoms with Crippen molar-refractivity contribution in [3.05, 3.63) is 33.9 Å². The van der Waals surface area contributed by atoms with Crippen LogP contribution in [0.25, 0.3) is 0 Å². The third kappa shape index (κ3) is 4.43. The summed E-state index contributed by atoms with van der Waals surface area (Å²) in [4.78, 5) is 25.2. The largest absolute Gasteiger partial charge is 0.366 e. The highest BCUT2D eigenvalue weighted by Crippen LogP contribution is 2.32. The first-order chi connectivity index (χ1) is 11.0. The number of rotatable bonds is 6. The molecule has 1 aliphatic rings. The second-order valence-electron chi connectivity index (χ2n) is 6.26. The van der Waals surface area contributed by atoms with Crippen LogP contribution in [0.15, 0.2) is 18.2 Å². The highest BCUT2D eigenvalue weighted by atomic mass is 16.6. The first kappa shape index (κ1) is 17.2. The van der Waals surface area contributed by atoms with Crippen molar-refractivity contribution in [1.82, 2.24) is 5.32 Å². The van der Waals surface area contributed by atoms with E-state index in [4.69, 9.17) is 0 Å². The molecule has 1 saturated heterocycles. The number of amides is 1. The summed E-state index contributed by atoms with van der Waals surface area (Å²) in [5.41, 5.74) is 0.982. The summed E-state index contributed by atoms with van der Waals surface area (Å²) in [6, 6.07) is 4.80. The maximum absolute atomic E-state index is 12.1.